The van der Waals surface area contributed by atoms with Crippen molar-refractivity contribution in [1.82, 2.24) is 0 Å². The molecule has 0 aliphatic carbocycles. The van der Waals surface area contributed by atoms with Crippen LogP contribution >= 0.6 is 0 Å². The number of hydrogen-bond donors (Lipinski definition) is 0. The van der Waals surface area contributed by atoms with Crippen molar-refractivity contribution < 1.29 is 13.2 Å². The van der Waals surface area contributed by atoms with Crippen molar-refractivity contribution in [2.75, 3.05) is 0 Å². The van der Waals surface area contributed by atoms with E-state index in [0.717, 1.165) is 11.1 Å². The minimum Gasteiger partial charge on any atom is -0.290 e. The minimum atomic E-state index is -4.37. The molecule has 0 N–H and O–H groups in total. The van der Waals surface area contributed by atoms with Gasteiger partial charge in [0.05, 0.1) is 10.6 Å². The lowest BCUT2D eigenvalue weighted by Crippen LogP contribution is -2.42. The van der Waals surface area contributed by atoms with Crippen LogP contribution in [0.2, 0.25) is 0 Å². The summed E-state index contributed by atoms with van der Waals surface area (Å²) in [6.45, 7) is 3.81. The van der Waals surface area contributed by atoms with Gasteiger partial charge in [0.1, 0.15) is 0 Å². The molecule has 1 atom stereocenters. The number of Topliss-reactive ketones (excluding diaryl/α,β-unsaturated/α-hetero) is 1. The van der Waals surface area contributed by atoms with Crippen LogP contribution in [0.5, 0.6) is 0 Å². The number of azo groups is 1. The fraction of sp³-hybridized carbons (Fsp3) is 0.107. The van der Waals surface area contributed by atoms with Gasteiger partial charge in [-0.15, -0.1) is 0 Å². The number of sulfone groups is 1. The minimum absolute atomic E-state index is 0.00547. The third-order valence-corrected chi connectivity index (χ3v) is 7.74. The second kappa shape index (κ2) is 9.53. The van der Waals surface area contributed by atoms with Crippen LogP contribution in [-0.4, -0.2) is 14.2 Å². The van der Waals surface area contributed by atoms with Crippen LogP contribution in [0, 0.1) is 13.8 Å². The number of nitrogens with zero attached hydrogens (tertiary/aromatic N) is 2. The molecule has 0 heterocycles. The lowest BCUT2D eigenvalue weighted by atomic mass is 9.97. The quantitative estimate of drug-likeness (QED) is 0.227. The largest absolute Gasteiger partial charge is 0.290 e. The van der Waals surface area contributed by atoms with E-state index in [4.69, 9.17) is 0 Å². The van der Waals surface area contributed by atoms with Crippen molar-refractivity contribution in [3.05, 3.63) is 131 Å². The zero-order chi connectivity index (χ0) is 24.2. The highest BCUT2D eigenvalue weighted by Crippen LogP contribution is 2.41. The molecule has 34 heavy (non-hydrogen) atoms. The molecule has 170 valence electrons. The van der Waals surface area contributed by atoms with Crippen molar-refractivity contribution in [2.24, 2.45) is 10.2 Å². The predicted octanol–water partition coefficient (Wildman–Crippen LogP) is 6.60. The SMILES string of the molecule is Cc1ccc(N=NC(C(=O)c2ccccc2)(c2ccccc2)S(=O)(=O)c2ccc(C)cc2)cc1. The van der Waals surface area contributed by atoms with Crippen LogP contribution in [0.1, 0.15) is 27.0 Å². The fourth-order valence-electron chi connectivity index (χ4n) is 3.64. The third kappa shape index (κ3) is 4.32. The summed E-state index contributed by atoms with van der Waals surface area (Å²) in [5, 5.41) is 8.64. The number of aryl methyl sites for hydroxylation is 2. The van der Waals surface area contributed by atoms with Crippen molar-refractivity contribution >= 4 is 21.3 Å². The summed E-state index contributed by atoms with van der Waals surface area (Å²) in [4.78, 5) is 11.8. The van der Waals surface area contributed by atoms with Crippen LogP contribution in [0.4, 0.5) is 5.69 Å². The van der Waals surface area contributed by atoms with Crippen LogP contribution in [0.3, 0.4) is 0 Å². The summed E-state index contributed by atoms with van der Waals surface area (Å²) in [5.41, 5.74) is 2.83. The third-order valence-electron chi connectivity index (χ3n) is 5.57. The van der Waals surface area contributed by atoms with Crippen LogP contribution in [0.25, 0.3) is 0 Å². The summed E-state index contributed by atoms with van der Waals surface area (Å²) in [7, 11) is -4.37. The number of hydrogen-bond acceptors (Lipinski definition) is 5. The van der Waals surface area contributed by atoms with E-state index >= 15 is 0 Å². The highest BCUT2D eigenvalue weighted by Gasteiger charge is 2.54. The van der Waals surface area contributed by atoms with Gasteiger partial charge in [-0.3, -0.25) is 4.79 Å². The van der Waals surface area contributed by atoms with E-state index in [-0.39, 0.29) is 16.0 Å². The summed E-state index contributed by atoms with van der Waals surface area (Å²) in [6.07, 6.45) is 0. The first-order valence-electron chi connectivity index (χ1n) is 10.8. The van der Waals surface area contributed by atoms with Gasteiger partial charge in [0, 0.05) is 11.1 Å². The Morgan fingerprint density at radius 2 is 1.18 bits per heavy atom. The predicted molar refractivity (Wildman–Crippen MR) is 133 cm³/mol. The van der Waals surface area contributed by atoms with E-state index < -0.39 is 20.5 Å². The number of benzene rings is 4. The van der Waals surface area contributed by atoms with Crippen LogP contribution < -0.4 is 0 Å². The molecule has 0 bridgehead atoms. The van der Waals surface area contributed by atoms with Crippen LogP contribution in [-0.2, 0) is 14.7 Å². The average Bonchev–Trinajstić information content (AvgIpc) is 2.86. The molecular formula is C28H24N2O3S. The van der Waals surface area contributed by atoms with Gasteiger partial charge in [-0.2, -0.15) is 10.2 Å². The van der Waals surface area contributed by atoms with Crippen molar-refractivity contribution in [2.45, 2.75) is 23.6 Å². The van der Waals surface area contributed by atoms with E-state index in [1.807, 2.05) is 26.0 Å². The van der Waals surface area contributed by atoms with Crippen molar-refractivity contribution in [3.63, 3.8) is 0 Å². The van der Waals surface area contributed by atoms with Gasteiger partial charge >= 0.3 is 0 Å². The van der Waals surface area contributed by atoms with Gasteiger partial charge < -0.3 is 0 Å². The number of carbonyl (C=O) groups excluding carboxylic acids is 1. The smallest absolute Gasteiger partial charge is 0.273 e. The average molecular weight is 469 g/mol. The Morgan fingerprint density at radius 3 is 1.74 bits per heavy atom. The van der Waals surface area contributed by atoms with Crippen molar-refractivity contribution in [3.8, 4) is 0 Å². The zero-order valence-corrected chi connectivity index (χ0v) is 19.7. The molecule has 4 aromatic carbocycles. The van der Waals surface area contributed by atoms with Crippen molar-refractivity contribution in [1.29, 1.82) is 0 Å². The summed E-state index contributed by atoms with van der Waals surface area (Å²) >= 11 is 0. The van der Waals surface area contributed by atoms with E-state index in [1.54, 1.807) is 84.9 Å². The molecule has 0 aromatic heterocycles. The summed E-state index contributed by atoms with van der Waals surface area (Å²) in [6, 6.07) is 30.3. The second-order valence-electron chi connectivity index (χ2n) is 8.06. The molecule has 0 fully saturated rings. The number of carbonyl (C=O) groups is 1. The monoisotopic (exact) mass is 468 g/mol. The standard InChI is InChI=1S/C28H24N2O3S/c1-21-13-17-25(18-14-21)29-30-28(24-11-7-4-8-12-24,27(31)23-9-5-3-6-10-23)34(32,33)26-19-15-22(2)16-20-26/h3-20H,1-2H3. The Bertz CT molecular complexity index is 1420. The highest BCUT2D eigenvalue weighted by molar-refractivity contribution is 7.93. The number of rotatable bonds is 7. The molecule has 0 radical (unpaired) electrons. The van der Waals surface area contributed by atoms with Gasteiger partial charge in [-0.1, -0.05) is 96.1 Å². The Balaban J connectivity index is 2.03. The molecule has 5 nitrogen and oxygen atoms in total. The van der Waals surface area contributed by atoms with E-state index in [2.05, 4.69) is 10.2 Å². The highest BCUT2D eigenvalue weighted by atomic mass is 32.2. The lowest BCUT2D eigenvalue weighted by Gasteiger charge is -2.28. The Morgan fingerprint density at radius 1 is 0.676 bits per heavy atom. The molecule has 0 saturated carbocycles. The molecule has 0 saturated heterocycles. The lowest BCUT2D eigenvalue weighted by molar-refractivity contribution is 0.0936. The summed E-state index contributed by atoms with van der Waals surface area (Å²) < 4.78 is 28.6. The normalized spacial score (nSPS) is 13.5. The Hall–Kier alpha value is -3.90. The Kier molecular flexibility index (Phi) is 6.52. The molecular weight excluding hydrogens is 444 g/mol. The molecule has 0 spiro atoms. The topological polar surface area (TPSA) is 75.9 Å². The molecule has 4 rings (SSSR count). The van der Waals surface area contributed by atoms with Gasteiger partial charge in [0.15, 0.2) is 0 Å². The maximum Gasteiger partial charge on any atom is 0.273 e. The zero-order valence-electron chi connectivity index (χ0n) is 18.9. The fourth-order valence-corrected chi connectivity index (χ4v) is 5.43. The maximum absolute atomic E-state index is 14.3. The van der Waals surface area contributed by atoms with E-state index in [9.17, 15) is 13.2 Å². The summed E-state index contributed by atoms with van der Waals surface area (Å²) in [5.74, 6) is -0.671. The molecule has 0 aliphatic heterocycles. The molecule has 6 heteroatoms. The van der Waals surface area contributed by atoms with E-state index in [1.165, 1.54) is 12.1 Å². The second-order valence-corrected chi connectivity index (χ2v) is 10.1. The molecule has 0 amide bonds. The van der Waals surface area contributed by atoms with Gasteiger partial charge in [0.2, 0.25) is 15.6 Å². The maximum atomic E-state index is 14.3. The first kappa shape index (κ1) is 23.3. The molecule has 1 unspecified atom stereocenters. The van der Waals surface area contributed by atoms with Gasteiger partial charge in [0.25, 0.3) is 4.87 Å². The van der Waals surface area contributed by atoms with Crippen LogP contribution in [0.15, 0.2) is 124 Å². The van der Waals surface area contributed by atoms with Gasteiger partial charge in [-0.25, -0.2) is 8.42 Å². The first-order valence-corrected chi connectivity index (χ1v) is 12.3. The van der Waals surface area contributed by atoms with Gasteiger partial charge in [-0.05, 0) is 38.1 Å². The first-order chi connectivity index (χ1) is 16.3. The van der Waals surface area contributed by atoms with E-state index in [0.29, 0.717) is 5.69 Å². The Labute approximate surface area is 199 Å². The number of ketones is 1. The molecule has 0 aliphatic rings. The molecule has 4 aromatic rings.